The van der Waals surface area contributed by atoms with E-state index in [-0.39, 0.29) is 23.5 Å². The van der Waals surface area contributed by atoms with Gasteiger partial charge >= 0.3 is 6.09 Å². The average molecular weight is 429 g/mol. The van der Waals surface area contributed by atoms with Gasteiger partial charge in [0.2, 0.25) is 5.91 Å². The van der Waals surface area contributed by atoms with E-state index >= 15 is 0 Å². The number of allylic oxidation sites excluding steroid dienone is 1. The van der Waals surface area contributed by atoms with Gasteiger partial charge in [-0.2, -0.15) is 0 Å². The number of carbonyl (C=O) groups excluding carboxylic acids is 2. The van der Waals surface area contributed by atoms with E-state index in [0.717, 1.165) is 56.5 Å². The minimum atomic E-state index is -0.478. The van der Waals surface area contributed by atoms with Gasteiger partial charge in [-0.15, -0.1) is 0 Å². The van der Waals surface area contributed by atoms with Crippen LogP contribution in [0.25, 0.3) is 0 Å². The Morgan fingerprint density at radius 2 is 2.03 bits per heavy atom. The Labute approximate surface area is 185 Å². The summed E-state index contributed by atoms with van der Waals surface area (Å²) in [6.45, 7) is 10.6. The van der Waals surface area contributed by atoms with E-state index < -0.39 is 5.60 Å². The molecule has 1 aliphatic heterocycles. The van der Waals surface area contributed by atoms with Crippen LogP contribution in [0.1, 0.15) is 72.0 Å². The normalized spacial score (nSPS) is 22.4. The van der Waals surface area contributed by atoms with Crippen molar-refractivity contribution >= 4 is 12.0 Å². The molecule has 2 fully saturated rings. The molecule has 1 spiro atoms. The number of likely N-dealkylation sites (tertiary alicyclic amines) is 1. The quantitative estimate of drug-likeness (QED) is 0.707. The number of amides is 2. The number of aromatic nitrogens is 2. The molecule has 1 unspecified atom stereocenters. The van der Waals surface area contributed by atoms with Crippen molar-refractivity contribution in [1.82, 2.24) is 19.4 Å². The molecule has 2 heterocycles. The molecule has 1 saturated carbocycles. The highest BCUT2D eigenvalue weighted by molar-refractivity contribution is 5.94. The zero-order chi connectivity index (χ0) is 22.2. The van der Waals surface area contributed by atoms with Crippen LogP contribution in [-0.2, 0) is 22.6 Å². The molecule has 0 bridgehead atoms. The van der Waals surface area contributed by atoms with Crippen LogP contribution in [0.3, 0.4) is 0 Å². The van der Waals surface area contributed by atoms with Crippen LogP contribution in [-0.4, -0.2) is 56.1 Å². The maximum absolute atomic E-state index is 13.4. The molecule has 1 aromatic heterocycles. The highest BCUT2D eigenvalue weighted by atomic mass is 16.6. The van der Waals surface area contributed by atoms with Gasteiger partial charge in [0.1, 0.15) is 11.4 Å². The SMILES string of the molecule is CCn1ccnc1CN(C(=O)C1=CCCC1)C1CC12CCN(C(=O)OC(C)(C)C)CC2. The number of hydrogen-bond acceptors (Lipinski definition) is 4. The molecule has 2 aliphatic carbocycles. The van der Waals surface area contributed by atoms with E-state index in [9.17, 15) is 9.59 Å². The van der Waals surface area contributed by atoms with E-state index in [1.165, 1.54) is 0 Å². The molecule has 1 saturated heterocycles. The number of ether oxygens (including phenoxy) is 1. The molecule has 31 heavy (non-hydrogen) atoms. The topological polar surface area (TPSA) is 67.7 Å². The summed E-state index contributed by atoms with van der Waals surface area (Å²) in [6, 6.07) is 0.226. The molecule has 2 amide bonds. The Balaban J connectivity index is 1.45. The molecule has 0 N–H and O–H groups in total. The van der Waals surface area contributed by atoms with Crippen molar-refractivity contribution in [3.05, 3.63) is 29.9 Å². The Bertz CT molecular complexity index is 858. The predicted octanol–water partition coefficient (Wildman–Crippen LogP) is 4.13. The van der Waals surface area contributed by atoms with Crippen molar-refractivity contribution in [2.45, 2.75) is 91.0 Å². The van der Waals surface area contributed by atoms with Gasteiger partial charge in [-0.25, -0.2) is 9.78 Å². The van der Waals surface area contributed by atoms with Gasteiger partial charge in [0.25, 0.3) is 0 Å². The average Bonchev–Trinajstić information content (AvgIpc) is 3.11. The van der Waals surface area contributed by atoms with Crippen molar-refractivity contribution < 1.29 is 14.3 Å². The highest BCUT2D eigenvalue weighted by Crippen LogP contribution is 2.57. The fourth-order valence-corrected chi connectivity index (χ4v) is 5.07. The summed E-state index contributed by atoms with van der Waals surface area (Å²) < 4.78 is 7.66. The predicted molar refractivity (Wildman–Crippen MR) is 118 cm³/mol. The van der Waals surface area contributed by atoms with E-state index in [1.807, 2.05) is 38.1 Å². The minimum absolute atomic E-state index is 0.122. The lowest BCUT2D eigenvalue weighted by Crippen LogP contribution is -2.44. The largest absolute Gasteiger partial charge is 0.444 e. The molecule has 0 aromatic carbocycles. The number of piperidine rings is 1. The summed E-state index contributed by atoms with van der Waals surface area (Å²) in [5.41, 5.74) is 0.605. The van der Waals surface area contributed by atoms with Gasteiger partial charge in [-0.05, 0) is 71.6 Å². The monoisotopic (exact) mass is 428 g/mol. The zero-order valence-corrected chi connectivity index (χ0v) is 19.4. The number of nitrogens with zero attached hydrogens (tertiary/aromatic N) is 4. The van der Waals surface area contributed by atoms with E-state index in [2.05, 4.69) is 27.5 Å². The summed E-state index contributed by atoms with van der Waals surface area (Å²) >= 11 is 0. The van der Waals surface area contributed by atoms with Crippen LogP contribution in [0, 0.1) is 5.41 Å². The number of aryl methyl sites for hydroxylation is 1. The molecule has 1 atom stereocenters. The smallest absolute Gasteiger partial charge is 0.410 e. The standard InChI is InChI=1S/C24H36N4O3/c1-5-26-15-12-25-20(26)17-28(21(29)18-8-6-7-9-18)19-16-24(19)10-13-27(14-11-24)22(30)31-23(2,3)4/h8,12,15,19H,5-7,9-11,13-14,16-17H2,1-4H3. The van der Waals surface area contributed by atoms with Gasteiger partial charge < -0.3 is 19.1 Å². The molecule has 3 aliphatic rings. The molecule has 4 rings (SSSR count). The summed E-state index contributed by atoms with van der Waals surface area (Å²) in [5, 5.41) is 0. The minimum Gasteiger partial charge on any atom is -0.444 e. The molecule has 7 heteroatoms. The Morgan fingerprint density at radius 1 is 1.29 bits per heavy atom. The Hall–Kier alpha value is -2.31. The number of carbonyl (C=O) groups is 2. The number of rotatable bonds is 5. The van der Waals surface area contributed by atoms with Crippen molar-refractivity contribution in [3.63, 3.8) is 0 Å². The van der Waals surface area contributed by atoms with E-state index in [0.29, 0.717) is 19.6 Å². The molecule has 0 radical (unpaired) electrons. The van der Waals surface area contributed by atoms with Crippen LogP contribution in [0.5, 0.6) is 0 Å². The fourth-order valence-electron chi connectivity index (χ4n) is 5.07. The molecule has 1 aromatic rings. The highest BCUT2D eigenvalue weighted by Gasteiger charge is 2.59. The first-order chi connectivity index (χ1) is 14.7. The molecule has 170 valence electrons. The van der Waals surface area contributed by atoms with Gasteiger partial charge in [0, 0.05) is 43.6 Å². The lowest BCUT2D eigenvalue weighted by molar-refractivity contribution is -0.129. The molecular formula is C24H36N4O3. The van der Waals surface area contributed by atoms with E-state index in [1.54, 1.807) is 0 Å². The van der Waals surface area contributed by atoms with Gasteiger partial charge in [0.05, 0.1) is 6.54 Å². The summed E-state index contributed by atoms with van der Waals surface area (Å²) in [4.78, 5) is 34.3. The van der Waals surface area contributed by atoms with Gasteiger partial charge in [0.15, 0.2) is 0 Å². The molecular weight excluding hydrogens is 392 g/mol. The van der Waals surface area contributed by atoms with Crippen molar-refractivity contribution in [2.24, 2.45) is 5.41 Å². The van der Waals surface area contributed by atoms with E-state index in [4.69, 9.17) is 4.74 Å². The summed E-state index contributed by atoms with van der Waals surface area (Å²) in [7, 11) is 0. The maximum atomic E-state index is 13.4. The third-order valence-corrected chi connectivity index (χ3v) is 6.96. The van der Waals surface area contributed by atoms with Crippen LogP contribution in [0.2, 0.25) is 0 Å². The lowest BCUT2D eigenvalue weighted by Gasteiger charge is -2.35. The third kappa shape index (κ3) is 4.65. The van der Waals surface area contributed by atoms with Crippen molar-refractivity contribution in [3.8, 4) is 0 Å². The van der Waals surface area contributed by atoms with Crippen LogP contribution < -0.4 is 0 Å². The van der Waals surface area contributed by atoms with Gasteiger partial charge in [-0.3, -0.25) is 4.79 Å². The summed E-state index contributed by atoms with van der Waals surface area (Å²) in [5.74, 6) is 1.13. The van der Waals surface area contributed by atoms with Crippen molar-refractivity contribution in [1.29, 1.82) is 0 Å². The van der Waals surface area contributed by atoms with Gasteiger partial charge in [-0.1, -0.05) is 6.08 Å². The Kier molecular flexibility index (Phi) is 5.88. The second-order valence-corrected chi connectivity index (χ2v) is 10.2. The van der Waals surface area contributed by atoms with Crippen molar-refractivity contribution in [2.75, 3.05) is 13.1 Å². The third-order valence-electron chi connectivity index (χ3n) is 6.96. The first-order valence-electron chi connectivity index (χ1n) is 11.7. The van der Waals surface area contributed by atoms with Crippen LogP contribution in [0.15, 0.2) is 24.0 Å². The Morgan fingerprint density at radius 3 is 2.65 bits per heavy atom. The number of hydrogen-bond donors (Lipinski definition) is 0. The fraction of sp³-hybridized carbons (Fsp3) is 0.708. The first-order valence-corrected chi connectivity index (χ1v) is 11.7. The number of imidazole rings is 1. The second-order valence-electron chi connectivity index (χ2n) is 10.2. The second kappa shape index (κ2) is 8.32. The zero-order valence-electron chi connectivity index (χ0n) is 19.4. The maximum Gasteiger partial charge on any atom is 0.410 e. The van der Waals surface area contributed by atoms with Crippen LogP contribution >= 0.6 is 0 Å². The summed E-state index contributed by atoms with van der Waals surface area (Å²) in [6.07, 6.45) is 11.5. The van der Waals surface area contributed by atoms with Crippen LogP contribution in [0.4, 0.5) is 4.79 Å². The molecule has 7 nitrogen and oxygen atoms in total. The first kappa shape index (κ1) is 21.9. The lowest BCUT2D eigenvalue weighted by atomic mass is 9.92.